The summed E-state index contributed by atoms with van der Waals surface area (Å²) in [5, 5.41) is 10.4. The number of halogens is 2. The molecule has 2 aliphatic rings. The fourth-order valence-electron chi connectivity index (χ4n) is 3.62. The maximum Gasteiger partial charge on any atom is 0.254 e. The first-order valence-electron chi connectivity index (χ1n) is 9.47. The van der Waals surface area contributed by atoms with Crippen molar-refractivity contribution in [3.63, 3.8) is 0 Å². The normalized spacial score (nSPS) is 15.5. The molecule has 1 aromatic heterocycles. The number of benzene rings is 2. The minimum absolute atomic E-state index is 0.0651. The minimum atomic E-state index is -0.485. The number of ether oxygens (including phenoxy) is 1. The summed E-state index contributed by atoms with van der Waals surface area (Å²) in [5.74, 6) is -0.280. The molecule has 0 bridgehead atoms. The molecule has 0 radical (unpaired) electrons. The van der Waals surface area contributed by atoms with Crippen molar-refractivity contribution in [2.45, 2.75) is 0 Å². The lowest BCUT2D eigenvalue weighted by atomic mass is 10.0. The molecule has 2 aliphatic heterocycles. The molecular weight excluding hydrogens is 409 g/mol. The van der Waals surface area contributed by atoms with Crippen molar-refractivity contribution < 1.29 is 13.9 Å². The molecule has 0 atom stereocenters. The van der Waals surface area contributed by atoms with Crippen LogP contribution in [0.1, 0.15) is 15.9 Å². The molecular formula is C21H17ClFN5O2. The quantitative estimate of drug-likeness (QED) is 0.653. The average molecular weight is 426 g/mol. The largest absolute Gasteiger partial charge is 0.378 e. The van der Waals surface area contributed by atoms with Gasteiger partial charge in [-0.3, -0.25) is 9.89 Å². The summed E-state index contributed by atoms with van der Waals surface area (Å²) in [5.41, 5.74) is 3.25. The Kier molecular flexibility index (Phi) is 4.72. The van der Waals surface area contributed by atoms with E-state index >= 15 is 0 Å². The first-order chi connectivity index (χ1) is 14.6. The van der Waals surface area contributed by atoms with E-state index in [1.165, 1.54) is 6.07 Å². The van der Waals surface area contributed by atoms with E-state index in [1.807, 2.05) is 0 Å². The second kappa shape index (κ2) is 7.55. The molecule has 3 aromatic rings. The van der Waals surface area contributed by atoms with Gasteiger partial charge < -0.3 is 15.0 Å². The second-order valence-electron chi connectivity index (χ2n) is 6.98. The van der Waals surface area contributed by atoms with Gasteiger partial charge >= 0.3 is 0 Å². The highest BCUT2D eigenvalue weighted by Crippen LogP contribution is 2.38. The number of hydrogen-bond donors (Lipinski definition) is 2. The Morgan fingerprint density at radius 1 is 1.20 bits per heavy atom. The fraction of sp³-hybridized carbons (Fsp3) is 0.190. The van der Waals surface area contributed by atoms with Crippen LogP contribution in [0.25, 0.3) is 11.3 Å². The molecule has 5 rings (SSSR count). The van der Waals surface area contributed by atoms with Gasteiger partial charge in [0, 0.05) is 29.9 Å². The minimum Gasteiger partial charge on any atom is -0.378 e. The van der Waals surface area contributed by atoms with E-state index < -0.39 is 5.82 Å². The summed E-state index contributed by atoms with van der Waals surface area (Å²) < 4.78 is 19.9. The SMILES string of the molecule is O=C(c1ccc2c(c1)-c1[nH]ncc1N=C(c1c(F)cccc1Cl)N2)N1CCOCC1. The van der Waals surface area contributed by atoms with E-state index in [0.717, 1.165) is 0 Å². The van der Waals surface area contributed by atoms with Crippen molar-refractivity contribution >= 4 is 34.7 Å². The zero-order valence-electron chi connectivity index (χ0n) is 15.8. The third-order valence-corrected chi connectivity index (χ3v) is 5.45. The van der Waals surface area contributed by atoms with Crippen LogP contribution in [0.4, 0.5) is 15.8 Å². The Morgan fingerprint density at radius 2 is 2.03 bits per heavy atom. The Morgan fingerprint density at radius 3 is 2.83 bits per heavy atom. The smallest absolute Gasteiger partial charge is 0.254 e. The number of hydrogen-bond acceptors (Lipinski definition) is 5. The van der Waals surface area contributed by atoms with Gasteiger partial charge in [-0.15, -0.1) is 0 Å². The predicted molar refractivity (Wildman–Crippen MR) is 112 cm³/mol. The van der Waals surface area contributed by atoms with Crippen molar-refractivity contribution in [3.05, 3.63) is 64.6 Å². The average Bonchev–Trinajstić information content (AvgIpc) is 3.16. The number of morpholine rings is 1. The van der Waals surface area contributed by atoms with Gasteiger partial charge in [-0.25, -0.2) is 9.38 Å². The monoisotopic (exact) mass is 425 g/mol. The van der Waals surface area contributed by atoms with Crippen LogP contribution in [0.2, 0.25) is 5.02 Å². The van der Waals surface area contributed by atoms with Crippen molar-refractivity contribution in [2.24, 2.45) is 4.99 Å². The highest BCUT2D eigenvalue weighted by Gasteiger charge is 2.25. The van der Waals surface area contributed by atoms with Crippen LogP contribution >= 0.6 is 11.6 Å². The maximum absolute atomic E-state index is 14.5. The van der Waals surface area contributed by atoms with Crippen LogP contribution in [0.3, 0.4) is 0 Å². The summed E-state index contributed by atoms with van der Waals surface area (Å²) in [6, 6.07) is 9.79. The van der Waals surface area contributed by atoms with Gasteiger partial charge in [0.2, 0.25) is 0 Å². The summed E-state index contributed by atoms with van der Waals surface area (Å²) >= 11 is 6.25. The Labute approximate surface area is 176 Å². The molecule has 3 heterocycles. The molecule has 0 unspecified atom stereocenters. The number of aromatic nitrogens is 2. The number of nitrogens with zero attached hydrogens (tertiary/aromatic N) is 3. The van der Waals surface area contributed by atoms with Gasteiger partial charge in [-0.1, -0.05) is 17.7 Å². The van der Waals surface area contributed by atoms with Crippen molar-refractivity contribution in [1.29, 1.82) is 0 Å². The number of carbonyl (C=O) groups excluding carboxylic acids is 1. The fourth-order valence-corrected chi connectivity index (χ4v) is 3.88. The number of fused-ring (bicyclic) bond motifs is 3. The van der Waals surface area contributed by atoms with Crippen LogP contribution in [0.5, 0.6) is 0 Å². The third-order valence-electron chi connectivity index (χ3n) is 5.14. The van der Waals surface area contributed by atoms with Crippen molar-refractivity contribution in [2.75, 3.05) is 31.6 Å². The van der Waals surface area contributed by atoms with E-state index in [9.17, 15) is 9.18 Å². The lowest BCUT2D eigenvalue weighted by molar-refractivity contribution is 0.0303. The number of H-pyrrole nitrogens is 1. The number of aromatic amines is 1. The predicted octanol–water partition coefficient (Wildman–Crippen LogP) is 3.85. The number of aliphatic imine (C=N–C) groups is 1. The van der Waals surface area contributed by atoms with Crippen LogP contribution < -0.4 is 5.32 Å². The van der Waals surface area contributed by atoms with E-state index in [-0.39, 0.29) is 22.3 Å². The zero-order valence-corrected chi connectivity index (χ0v) is 16.5. The van der Waals surface area contributed by atoms with Crippen molar-refractivity contribution in [3.8, 4) is 11.3 Å². The van der Waals surface area contributed by atoms with E-state index in [0.29, 0.717) is 54.5 Å². The molecule has 0 saturated carbocycles. The highest BCUT2D eigenvalue weighted by molar-refractivity contribution is 6.35. The molecule has 7 nitrogen and oxygen atoms in total. The van der Waals surface area contributed by atoms with Crippen LogP contribution in [0, 0.1) is 5.82 Å². The van der Waals surface area contributed by atoms with Crippen LogP contribution in [-0.4, -0.2) is 53.1 Å². The lowest BCUT2D eigenvalue weighted by Crippen LogP contribution is -2.40. The number of rotatable bonds is 2. The molecule has 1 saturated heterocycles. The molecule has 1 amide bonds. The molecule has 0 spiro atoms. The number of amidine groups is 1. The lowest BCUT2D eigenvalue weighted by Gasteiger charge is -2.27. The summed E-state index contributed by atoms with van der Waals surface area (Å²) in [6.45, 7) is 2.18. The maximum atomic E-state index is 14.5. The molecule has 2 N–H and O–H groups in total. The molecule has 30 heavy (non-hydrogen) atoms. The number of carbonyl (C=O) groups is 1. The summed E-state index contributed by atoms with van der Waals surface area (Å²) in [7, 11) is 0. The second-order valence-corrected chi connectivity index (χ2v) is 7.38. The molecule has 1 fully saturated rings. The number of nitrogens with one attached hydrogen (secondary N) is 2. The third kappa shape index (κ3) is 3.24. The number of anilines is 1. The first kappa shape index (κ1) is 18.8. The Hall–Kier alpha value is -3.23. The Bertz CT molecular complexity index is 1150. The molecule has 9 heteroatoms. The molecule has 2 aromatic carbocycles. The Balaban J connectivity index is 1.58. The van der Waals surface area contributed by atoms with E-state index in [4.69, 9.17) is 16.3 Å². The van der Waals surface area contributed by atoms with Gasteiger partial charge in [-0.2, -0.15) is 5.10 Å². The zero-order chi connectivity index (χ0) is 20.7. The standard InChI is InChI=1S/C21H17ClFN5O2/c22-14-2-1-3-15(23)18(14)20-25-16-5-4-12(21(29)28-6-8-30-9-7-28)10-13(16)19-17(26-20)11-24-27-19/h1-5,10-11H,6-9H2,(H,24,27)(H,25,26). The molecule has 0 aliphatic carbocycles. The first-order valence-corrected chi connectivity index (χ1v) is 9.84. The van der Waals surface area contributed by atoms with Crippen LogP contribution in [0.15, 0.2) is 47.6 Å². The van der Waals surface area contributed by atoms with E-state index in [2.05, 4.69) is 20.5 Å². The van der Waals surface area contributed by atoms with Gasteiger partial charge in [0.25, 0.3) is 5.91 Å². The highest BCUT2D eigenvalue weighted by atomic mass is 35.5. The van der Waals surface area contributed by atoms with Gasteiger partial charge in [0.15, 0.2) is 0 Å². The summed E-state index contributed by atoms with van der Waals surface area (Å²) in [4.78, 5) is 19.2. The van der Waals surface area contributed by atoms with Crippen LogP contribution in [-0.2, 0) is 4.74 Å². The van der Waals surface area contributed by atoms with E-state index in [1.54, 1.807) is 41.4 Å². The number of amides is 1. The van der Waals surface area contributed by atoms with Gasteiger partial charge in [0.05, 0.1) is 35.7 Å². The summed E-state index contributed by atoms with van der Waals surface area (Å²) in [6.07, 6.45) is 1.55. The van der Waals surface area contributed by atoms with Gasteiger partial charge in [0.1, 0.15) is 17.3 Å². The topological polar surface area (TPSA) is 82.6 Å². The molecule has 152 valence electrons. The van der Waals surface area contributed by atoms with Gasteiger partial charge in [-0.05, 0) is 30.3 Å². The van der Waals surface area contributed by atoms with Crippen molar-refractivity contribution in [1.82, 2.24) is 15.1 Å².